The first kappa shape index (κ1) is 26.4. The summed E-state index contributed by atoms with van der Waals surface area (Å²) in [5.41, 5.74) is 2.44. The molecule has 0 aliphatic heterocycles. The van der Waals surface area contributed by atoms with Gasteiger partial charge in [0.05, 0.1) is 6.61 Å². The van der Waals surface area contributed by atoms with Gasteiger partial charge < -0.3 is 4.55 Å². The Kier molecular flexibility index (Phi) is 14.2. The summed E-state index contributed by atoms with van der Waals surface area (Å²) in [6.45, 7) is 4.36. The summed E-state index contributed by atoms with van der Waals surface area (Å²) in [6, 6.07) is 20.3. The lowest BCUT2D eigenvalue weighted by atomic mass is 10.2. The van der Waals surface area contributed by atoms with Crippen LogP contribution in [0.2, 0.25) is 0 Å². The van der Waals surface area contributed by atoms with E-state index in [1.54, 1.807) is 6.08 Å². The maximum atomic E-state index is 10.0. The lowest BCUT2D eigenvalue weighted by molar-refractivity contribution is 0.288. The molecule has 0 aliphatic carbocycles. The van der Waals surface area contributed by atoms with Crippen molar-refractivity contribution in [2.75, 3.05) is 18.1 Å². The van der Waals surface area contributed by atoms with Gasteiger partial charge >= 0.3 is 0 Å². The summed E-state index contributed by atoms with van der Waals surface area (Å²) < 4.78 is 34.1. The van der Waals surface area contributed by atoms with E-state index in [4.69, 9.17) is 0 Å². The summed E-state index contributed by atoms with van der Waals surface area (Å²) in [4.78, 5) is 0. The SMILES string of the molecule is CCCC[S+](CCCC)Cc1ccccc1.O=S(=O)([O-])OC/C=C/c1ccccc1. The van der Waals surface area contributed by atoms with Gasteiger partial charge in [-0.3, -0.25) is 4.18 Å². The zero-order chi connectivity index (χ0) is 22.1. The maximum absolute atomic E-state index is 10.0. The molecule has 0 aromatic heterocycles. The van der Waals surface area contributed by atoms with Gasteiger partial charge in [-0.05, 0) is 29.3 Å². The van der Waals surface area contributed by atoms with Crippen LogP contribution in [-0.2, 0) is 31.2 Å². The molecule has 2 aromatic rings. The lowest BCUT2D eigenvalue weighted by Gasteiger charge is -2.08. The van der Waals surface area contributed by atoms with Crippen LogP contribution in [0.5, 0.6) is 0 Å². The highest BCUT2D eigenvalue weighted by molar-refractivity contribution is 7.96. The van der Waals surface area contributed by atoms with Gasteiger partial charge in [0, 0.05) is 5.56 Å². The molecule has 0 unspecified atom stereocenters. The molecule has 0 saturated heterocycles. The predicted molar refractivity (Wildman–Crippen MR) is 128 cm³/mol. The topological polar surface area (TPSA) is 66.4 Å². The van der Waals surface area contributed by atoms with Crippen molar-refractivity contribution in [1.82, 2.24) is 0 Å². The summed E-state index contributed by atoms with van der Waals surface area (Å²) in [5, 5.41) is 0. The van der Waals surface area contributed by atoms with Crippen LogP contribution >= 0.6 is 0 Å². The van der Waals surface area contributed by atoms with Crippen LogP contribution in [0.25, 0.3) is 6.08 Å². The Balaban J connectivity index is 0.000000303. The van der Waals surface area contributed by atoms with Crippen molar-refractivity contribution in [3.8, 4) is 0 Å². The van der Waals surface area contributed by atoms with Gasteiger partial charge in [-0.2, -0.15) is 0 Å². The molecule has 166 valence electrons. The molecule has 0 saturated carbocycles. The summed E-state index contributed by atoms with van der Waals surface area (Å²) in [6.07, 6.45) is 8.62. The average Bonchev–Trinajstić information content (AvgIpc) is 2.74. The first-order chi connectivity index (χ1) is 14.4. The molecule has 0 heterocycles. The lowest BCUT2D eigenvalue weighted by Crippen LogP contribution is -2.14. The molecule has 0 fully saturated rings. The minimum Gasteiger partial charge on any atom is -0.726 e. The van der Waals surface area contributed by atoms with E-state index >= 15 is 0 Å². The molecule has 2 aromatic carbocycles. The standard InChI is InChI=1S/C15H25S.C9H10O4S/c1-3-5-12-16(13-6-4-2)14-15-10-8-7-9-11-15;10-14(11,12)13-8-4-7-9-5-2-1-3-6-9/h7-11H,3-6,12-14H2,1-2H3;1-7H,8H2,(H,10,11,12)/q+1;/p-1/b;7-4+. The van der Waals surface area contributed by atoms with Gasteiger partial charge in [0.25, 0.3) is 0 Å². The minimum absolute atomic E-state index is 0.235. The monoisotopic (exact) mass is 450 g/mol. The van der Waals surface area contributed by atoms with E-state index in [1.807, 2.05) is 30.3 Å². The molecule has 0 N–H and O–H groups in total. The van der Waals surface area contributed by atoms with Crippen LogP contribution in [0.15, 0.2) is 66.7 Å². The molecular weight excluding hydrogens is 416 g/mol. The predicted octanol–water partition coefficient (Wildman–Crippen LogP) is 5.58. The van der Waals surface area contributed by atoms with Crippen LogP contribution in [0.4, 0.5) is 0 Å². The van der Waals surface area contributed by atoms with Crippen molar-refractivity contribution in [2.45, 2.75) is 45.3 Å². The first-order valence-corrected chi connectivity index (χ1v) is 13.5. The Morgan fingerprint density at radius 3 is 1.93 bits per heavy atom. The molecule has 6 heteroatoms. The smallest absolute Gasteiger partial charge is 0.217 e. The van der Waals surface area contributed by atoms with Crippen molar-refractivity contribution in [1.29, 1.82) is 0 Å². The molecule has 2 rings (SSSR count). The van der Waals surface area contributed by atoms with Gasteiger partial charge in [-0.25, -0.2) is 8.42 Å². The highest BCUT2D eigenvalue weighted by Crippen LogP contribution is 2.13. The van der Waals surface area contributed by atoms with Crippen LogP contribution < -0.4 is 0 Å². The molecule has 30 heavy (non-hydrogen) atoms. The average molecular weight is 451 g/mol. The molecule has 0 amide bonds. The van der Waals surface area contributed by atoms with Crippen molar-refractivity contribution in [2.24, 2.45) is 0 Å². The van der Waals surface area contributed by atoms with Crippen LogP contribution in [-0.4, -0.2) is 31.1 Å². The van der Waals surface area contributed by atoms with Crippen LogP contribution in [0, 0.1) is 0 Å². The first-order valence-electron chi connectivity index (χ1n) is 10.4. The van der Waals surface area contributed by atoms with E-state index in [-0.39, 0.29) is 6.61 Å². The Labute approximate surface area is 185 Å². The second-order valence-corrected chi connectivity index (χ2v) is 10.2. The Morgan fingerprint density at radius 2 is 1.43 bits per heavy atom. The number of unbranched alkanes of at least 4 members (excludes halogenated alkanes) is 2. The fraction of sp³-hybridized carbons (Fsp3) is 0.417. The fourth-order valence-electron chi connectivity index (χ4n) is 2.62. The van der Waals surface area contributed by atoms with Gasteiger partial charge in [0.1, 0.15) is 17.3 Å². The van der Waals surface area contributed by atoms with Crippen molar-refractivity contribution in [3.05, 3.63) is 77.9 Å². The Hall–Kier alpha value is -1.60. The second-order valence-electron chi connectivity index (χ2n) is 6.86. The van der Waals surface area contributed by atoms with Gasteiger partial charge in [0.2, 0.25) is 10.4 Å². The molecular formula is C24H34O4S2. The van der Waals surface area contributed by atoms with E-state index in [0.29, 0.717) is 10.9 Å². The van der Waals surface area contributed by atoms with Crippen LogP contribution in [0.3, 0.4) is 0 Å². The Morgan fingerprint density at radius 1 is 0.900 bits per heavy atom. The number of benzene rings is 2. The molecule has 0 radical (unpaired) electrons. The van der Waals surface area contributed by atoms with Gasteiger partial charge in [-0.15, -0.1) is 0 Å². The highest BCUT2D eigenvalue weighted by atomic mass is 32.3. The molecule has 0 spiro atoms. The number of hydrogen-bond donors (Lipinski definition) is 0. The molecule has 0 aliphatic rings. The van der Waals surface area contributed by atoms with E-state index in [1.165, 1.54) is 54.6 Å². The van der Waals surface area contributed by atoms with E-state index in [2.05, 4.69) is 48.4 Å². The maximum Gasteiger partial charge on any atom is 0.217 e. The third-order valence-corrected chi connectivity index (χ3v) is 7.10. The van der Waals surface area contributed by atoms with E-state index in [0.717, 1.165) is 5.56 Å². The number of hydrogen-bond acceptors (Lipinski definition) is 4. The zero-order valence-electron chi connectivity index (χ0n) is 18.0. The Bertz CT molecular complexity index is 782. The largest absolute Gasteiger partial charge is 0.726 e. The normalized spacial score (nSPS) is 11.5. The van der Waals surface area contributed by atoms with Gasteiger partial charge in [-0.1, -0.05) is 99.5 Å². The van der Waals surface area contributed by atoms with Crippen molar-refractivity contribution >= 4 is 27.4 Å². The van der Waals surface area contributed by atoms with E-state index in [9.17, 15) is 13.0 Å². The third kappa shape index (κ3) is 14.4. The van der Waals surface area contributed by atoms with E-state index < -0.39 is 10.4 Å². The minimum atomic E-state index is -4.58. The molecule has 0 bridgehead atoms. The van der Waals surface area contributed by atoms with Crippen molar-refractivity contribution < 1.29 is 17.2 Å². The van der Waals surface area contributed by atoms with Crippen LogP contribution in [0.1, 0.15) is 50.7 Å². The fourth-order valence-corrected chi connectivity index (χ4v) is 5.42. The summed E-state index contributed by atoms with van der Waals surface area (Å²) >= 11 is 0. The molecule has 4 nitrogen and oxygen atoms in total. The summed E-state index contributed by atoms with van der Waals surface area (Å²) in [5.74, 6) is 4.18. The number of rotatable bonds is 12. The van der Waals surface area contributed by atoms with Crippen molar-refractivity contribution in [3.63, 3.8) is 0 Å². The quantitative estimate of drug-likeness (QED) is 0.240. The second kappa shape index (κ2) is 16.1. The summed E-state index contributed by atoms with van der Waals surface area (Å²) in [7, 11) is -3.96. The van der Waals surface area contributed by atoms with Gasteiger partial charge in [0.15, 0.2) is 0 Å². The highest BCUT2D eigenvalue weighted by Gasteiger charge is 2.16. The third-order valence-electron chi connectivity index (χ3n) is 4.21. The zero-order valence-corrected chi connectivity index (χ0v) is 19.7. The molecule has 0 atom stereocenters.